The highest BCUT2D eigenvalue weighted by atomic mass is 127. The van der Waals surface area contributed by atoms with Crippen molar-refractivity contribution >= 4 is 35.8 Å². The quantitative estimate of drug-likeness (QED) is 0.327. The van der Waals surface area contributed by atoms with Crippen LogP contribution in [-0.4, -0.2) is 32.0 Å². The summed E-state index contributed by atoms with van der Waals surface area (Å²) in [7, 11) is 1.64. The van der Waals surface area contributed by atoms with Gasteiger partial charge in [0.15, 0.2) is 5.96 Å². The van der Waals surface area contributed by atoms with Crippen molar-refractivity contribution in [3.8, 4) is 0 Å². The van der Waals surface area contributed by atoms with Crippen molar-refractivity contribution in [3.63, 3.8) is 0 Å². The zero-order chi connectivity index (χ0) is 17.1. The number of carbonyl (C=O) groups excluding carboxylic acids is 1. The summed E-state index contributed by atoms with van der Waals surface area (Å²) in [5.41, 5.74) is 1.68. The first-order valence-electron chi connectivity index (χ1n) is 8.47. The number of nitrogens with zero attached hydrogens (tertiary/aromatic N) is 1. The lowest BCUT2D eigenvalue weighted by atomic mass is 10.0. The molecule has 1 rings (SSSR count). The monoisotopic (exact) mass is 446 g/mol. The second-order valence-electron chi connectivity index (χ2n) is 5.54. The molecule has 0 heterocycles. The van der Waals surface area contributed by atoms with Gasteiger partial charge in [0.05, 0.1) is 6.54 Å². The Balaban J connectivity index is 0.00000529. The Morgan fingerprint density at radius 2 is 1.88 bits per heavy atom. The molecule has 0 spiro atoms. The molecule has 0 radical (unpaired) electrons. The Morgan fingerprint density at radius 3 is 2.46 bits per heavy atom. The number of nitrogens with one attached hydrogen (secondary N) is 3. The third-order valence-electron chi connectivity index (χ3n) is 3.89. The van der Waals surface area contributed by atoms with Gasteiger partial charge in [-0.3, -0.25) is 4.79 Å². The first kappa shape index (κ1) is 22.7. The number of benzene rings is 1. The van der Waals surface area contributed by atoms with Crippen LogP contribution in [0, 0.1) is 5.92 Å². The molecule has 6 heteroatoms. The van der Waals surface area contributed by atoms with E-state index >= 15 is 0 Å². The van der Waals surface area contributed by atoms with Crippen LogP contribution < -0.4 is 16.0 Å². The third-order valence-corrected chi connectivity index (χ3v) is 3.89. The molecule has 0 saturated carbocycles. The van der Waals surface area contributed by atoms with Gasteiger partial charge in [-0.25, -0.2) is 4.99 Å². The smallest absolute Gasteiger partial charge is 0.251 e. The molecule has 0 aliphatic carbocycles. The molecule has 1 aromatic rings. The van der Waals surface area contributed by atoms with Gasteiger partial charge in [-0.1, -0.05) is 38.8 Å². The number of amides is 1. The maximum absolute atomic E-state index is 11.7. The molecule has 0 unspecified atom stereocenters. The van der Waals surface area contributed by atoms with Gasteiger partial charge in [0.25, 0.3) is 5.91 Å². The second-order valence-corrected chi connectivity index (χ2v) is 5.54. The predicted molar refractivity (Wildman–Crippen MR) is 112 cm³/mol. The van der Waals surface area contributed by atoms with E-state index < -0.39 is 0 Å². The fourth-order valence-electron chi connectivity index (χ4n) is 2.29. The minimum absolute atomic E-state index is 0. The van der Waals surface area contributed by atoms with E-state index in [1.54, 1.807) is 7.05 Å². The molecule has 0 aliphatic rings. The van der Waals surface area contributed by atoms with Gasteiger partial charge in [-0.15, -0.1) is 24.0 Å². The summed E-state index contributed by atoms with van der Waals surface area (Å²) in [6.45, 7) is 8.78. The van der Waals surface area contributed by atoms with E-state index in [1.165, 1.54) is 0 Å². The summed E-state index contributed by atoms with van der Waals surface area (Å²) in [5.74, 6) is 1.41. The topological polar surface area (TPSA) is 65.5 Å². The Morgan fingerprint density at radius 1 is 1.17 bits per heavy atom. The van der Waals surface area contributed by atoms with Crippen molar-refractivity contribution in [1.29, 1.82) is 0 Å². The highest BCUT2D eigenvalue weighted by molar-refractivity contribution is 14.0. The minimum atomic E-state index is -0.0744. The lowest BCUT2D eigenvalue weighted by molar-refractivity contribution is 0.0963. The summed E-state index contributed by atoms with van der Waals surface area (Å²) < 4.78 is 0. The van der Waals surface area contributed by atoms with Crippen molar-refractivity contribution < 1.29 is 4.79 Å². The molecule has 24 heavy (non-hydrogen) atoms. The van der Waals surface area contributed by atoms with Crippen LogP contribution in [0.1, 0.15) is 49.5 Å². The Kier molecular flexibility index (Phi) is 12.3. The standard InChI is InChI=1S/C18H30N4O.HI/c1-5-14(6-2)12-21-18(20-7-3)22-13-15-9-8-10-16(11-15)17(23)19-4;/h8-11,14H,5-7,12-13H2,1-4H3,(H,19,23)(H2,20,21,22);1H. The van der Waals surface area contributed by atoms with E-state index in [1.807, 2.05) is 24.3 Å². The van der Waals surface area contributed by atoms with Crippen LogP contribution in [0.3, 0.4) is 0 Å². The first-order valence-corrected chi connectivity index (χ1v) is 8.47. The molecular weight excluding hydrogens is 415 g/mol. The highest BCUT2D eigenvalue weighted by Gasteiger charge is 2.06. The number of hydrogen-bond donors (Lipinski definition) is 3. The van der Waals surface area contributed by atoms with Gasteiger partial charge < -0.3 is 16.0 Å². The Labute approximate surface area is 163 Å². The lowest BCUT2D eigenvalue weighted by Gasteiger charge is -2.16. The van der Waals surface area contributed by atoms with Crippen molar-refractivity contribution in [2.45, 2.75) is 40.2 Å². The molecule has 0 fully saturated rings. The third kappa shape index (κ3) is 7.99. The average Bonchev–Trinajstić information content (AvgIpc) is 2.59. The summed E-state index contributed by atoms with van der Waals surface area (Å²) in [4.78, 5) is 16.3. The molecule has 0 aromatic heterocycles. The zero-order valence-corrected chi connectivity index (χ0v) is 17.5. The van der Waals surface area contributed by atoms with Crippen LogP contribution in [-0.2, 0) is 6.54 Å². The summed E-state index contributed by atoms with van der Waals surface area (Å²) in [6.07, 6.45) is 2.33. The molecule has 5 nitrogen and oxygen atoms in total. The molecule has 136 valence electrons. The number of aliphatic imine (C=N–C) groups is 1. The molecule has 0 saturated heterocycles. The molecular formula is C18H31IN4O. The number of rotatable bonds is 8. The van der Waals surface area contributed by atoms with Crippen LogP contribution in [0.25, 0.3) is 0 Å². The normalized spacial score (nSPS) is 11.0. The molecule has 1 amide bonds. The van der Waals surface area contributed by atoms with E-state index in [-0.39, 0.29) is 29.9 Å². The van der Waals surface area contributed by atoms with Crippen molar-refractivity contribution in [2.75, 3.05) is 20.1 Å². The molecule has 0 aliphatic heterocycles. The van der Waals surface area contributed by atoms with Gasteiger partial charge in [-0.05, 0) is 30.5 Å². The van der Waals surface area contributed by atoms with E-state index in [0.29, 0.717) is 18.0 Å². The van der Waals surface area contributed by atoms with E-state index in [9.17, 15) is 4.79 Å². The van der Waals surface area contributed by atoms with E-state index in [2.05, 4.69) is 41.7 Å². The van der Waals surface area contributed by atoms with Crippen LogP contribution >= 0.6 is 24.0 Å². The van der Waals surface area contributed by atoms with Gasteiger partial charge >= 0.3 is 0 Å². The van der Waals surface area contributed by atoms with Gasteiger partial charge in [-0.2, -0.15) is 0 Å². The summed E-state index contributed by atoms with van der Waals surface area (Å²) >= 11 is 0. The van der Waals surface area contributed by atoms with Crippen LogP contribution in [0.15, 0.2) is 29.3 Å². The van der Waals surface area contributed by atoms with Gasteiger partial charge in [0, 0.05) is 25.7 Å². The minimum Gasteiger partial charge on any atom is -0.357 e. The largest absolute Gasteiger partial charge is 0.357 e. The maximum Gasteiger partial charge on any atom is 0.251 e. The van der Waals surface area contributed by atoms with Crippen LogP contribution in [0.4, 0.5) is 0 Å². The van der Waals surface area contributed by atoms with Crippen LogP contribution in [0.5, 0.6) is 0 Å². The molecule has 1 aromatic carbocycles. The molecule has 0 bridgehead atoms. The van der Waals surface area contributed by atoms with Crippen LogP contribution in [0.2, 0.25) is 0 Å². The first-order chi connectivity index (χ1) is 11.1. The predicted octanol–water partition coefficient (Wildman–Crippen LogP) is 3.16. The number of hydrogen-bond acceptors (Lipinski definition) is 2. The summed E-state index contributed by atoms with van der Waals surface area (Å²) in [5, 5.41) is 9.31. The second kappa shape index (κ2) is 13.0. The van der Waals surface area contributed by atoms with E-state index in [0.717, 1.165) is 37.5 Å². The number of halogens is 1. The van der Waals surface area contributed by atoms with Crippen molar-refractivity contribution in [3.05, 3.63) is 35.4 Å². The fraction of sp³-hybridized carbons (Fsp3) is 0.556. The van der Waals surface area contributed by atoms with E-state index in [4.69, 9.17) is 0 Å². The summed E-state index contributed by atoms with van der Waals surface area (Å²) in [6, 6.07) is 7.57. The average molecular weight is 446 g/mol. The highest BCUT2D eigenvalue weighted by Crippen LogP contribution is 2.07. The lowest BCUT2D eigenvalue weighted by Crippen LogP contribution is -2.39. The number of guanidine groups is 1. The van der Waals surface area contributed by atoms with Crippen molar-refractivity contribution in [1.82, 2.24) is 16.0 Å². The number of carbonyl (C=O) groups is 1. The van der Waals surface area contributed by atoms with Crippen molar-refractivity contribution in [2.24, 2.45) is 10.9 Å². The molecule has 0 atom stereocenters. The zero-order valence-electron chi connectivity index (χ0n) is 15.2. The fourth-order valence-corrected chi connectivity index (χ4v) is 2.29. The van der Waals surface area contributed by atoms with Gasteiger partial charge in [0.2, 0.25) is 0 Å². The SMILES string of the molecule is CCNC(=NCc1cccc(C(=O)NC)c1)NCC(CC)CC.I. The van der Waals surface area contributed by atoms with Gasteiger partial charge in [0.1, 0.15) is 0 Å². The maximum atomic E-state index is 11.7. The Hall–Kier alpha value is -1.31. The Bertz CT molecular complexity index is 515. The molecule has 3 N–H and O–H groups in total.